The van der Waals surface area contributed by atoms with Crippen molar-refractivity contribution in [2.45, 2.75) is 30.0 Å². The molecule has 1 N–H and O–H groups in total. The van der Waals surface area contributed by atoms with Crippen molar-refractivity contribution in [3.05, 3.63) is 40.6 Å². The van der Waals surface area contributed by atoms with Gasteiger partial charge < -0.3 is 9.73 Å². The molecule has 1 aliphatic rings. The molecule has 0 spiro atoms. The van der Waals surface area contributed by atoms with Crippen LogP contribution in [0.25, 0.3) is 0 Å². The van der Waals surface area contributed by atoms with Crippen LogP contribution in [-0.2, 0) is 21.4 Å². The molecule has 2 aromatic heterocycles. The van der Waals surface area contributed by atoms with Crippen LogP contribution >= 0.6 is 22.9 Å². The summed E-state index contributed by atoms with van der Waals surface area (Å²) in [5.41, 5.74) is 0. The van der Waals surface area contributed by atoms with Gasteiger partial charge in [0.1, 0.15) is 9.97 Å². The van der Waals surface area contributed by atoms with Crippen LogP contribution in [-0.4, -0.2) is 31.7 Å². The number of sulfonamides is 1. The number of thiophene rings is 1. The number of hydrogen-bond acceptors (Lipinski definition) is 5. The topological polar surface area (TPSA) is 79.6 Å². The lowest BCUT2D eigenvalue weighted by molar-refractivity contribution is -0.122. The van der Waals surface area contributed by atoms with Crippen molar-refractivity contribution in [1.29, 1.82) is 0 Å². The Morgan fingerprint density at radius 3 is 2.68 bits per heavy atom. The minimum Gasteiger partial charge on any atom is -0.467 e. The fourth-order valence-corrected chi connectivity index (χ4v) is 5.96. The second-order valence-corrected chi connectivity index (χ2v) is 9.85. The van der Waals surface area contributed by atoms with Gasteiger partial charge in [-0.2, -0.15) is 4.31 Å². The number of carbonyl (C=O) groups excluding carboxylic acids is 1. The van der Waals surface area contributed by atoms with E-state index in [4.69, 9.17) is 16.0 Å². The zero-order valence-corrected chi connectivity index (χ0v) is 15.9. The van der Waals surface area contributed by atoms with Gasteiger partial charge in [-0.05, 0) is 43.0 Å². The van der Waals surface area contributed by atoms with E-state index in [9.17, 15) is 13.2 Å². The van der Waals surface area contributed by atoms with E-state index in [0.717, 1.165) is 11.3 Å². The van der Waals surface area contributed by atoms with Gasteiger partial charge in [-0.1, -0.05) is 11.6 Å². The van der Waals surface area contributed by atoms with E-state index < -0.39 is 10.0 Å². The minimum absolute atomic E-state index is 0.0391. The molecule has 0 radical (unpaired) electrons. The third-order valence-corrected chi connectivity index (χ3v) is 7.83. The lowest BCUT2D eigenvalue weighted by Gasteiger charge is -2.30. The molecular weight excluding hydrogens is 384 g/mol. The summed E-state index contributed by atoms with van der Waals surface area (Å²) in [6.45, 7) is 1.22. The summed E-state index contributed by atoms with van der Waals surface area (Å²) < 4.78 is 32.5. The van der Waals surface area contributed by atoms with E-state index >= 15 is 0 Å². The van der Waals surface area contributed by atoms with Gasteiger partial charge in [0.05, 0.1) is 17.1 Å². The Morgan fingerprint density at radius 1 is 1.32 bits per heavy atom. The number of amides is 1. The first kappa shape index (κ1) is 18.4. The number of nitrogens with zero attached hydrogens (tertiary/aromatic N) is 1. The second-order valence-electron chi connectivity index (χ2n) is 5.97. The van der Waals surface area contributed by atoms with E-state index in [-0.39, 0.29) is 16.0 Å². The molecule has 0 unspecified atom stereocenters. The average Bonchev–Trinajstić information content (AvgIpc) is 3.25. The van der Waals surface area contributed by atoms with Crippen molar-refractivity contribution in [1.82, 2.24) is 9.62 Å². The molecule has 1 amide bonds. The van der Waals surface area contributed by atoms with Crippen molar-refractivity contribution in [3.63, 3.8) is 0 Å². The van der Waals surface area contributed by atoms with Gasteiger partial charge in [-0.3, -0.25) is 4.79 Å². The predicted molar refractivity (Wildman–Crippen MR) is 96.0 cm³/mol. The van der Waals surface area contributed by atoms with Crippen LogP contribution in [0, 0.1) is 5.92 Å². The lowest BCUT2D eigenvalue weighted by Crippen LogP contribution is -2.39. The van der Waals surface area contributed by atoms with Crippen LogP contribution in [0.2, 0.25) is 4.34 Å². The van der Waals surface area contributed by atoms with Crippen LogP contribution in [0.3, 0.4) is 0 Å². The van der Waals surface area contributed by atoms with Gasteiger partial charge in [0.25, 0.3) is 10.0 Å². The number of furan rings is 1. The molecule has 1 fully saturated rings. The third-order valence-electron chi connectivity index (χ3n) is 4.23. The van der Waals surface area contributed by atoms with E-state index in [2.05, 4.69) is 5.32 Å². The smallest absolute Gasteiger partial charge is 0.252 e. The Morgan fingerprint density at radius 2 is 2.08 bits per heavy atom. The molecule has 6 nitrogen and oxygen atoms in total. The fourth-order valence-electron chi connectivity index (χ4n) is 2.85. The number of halogens is 1. The largest absolute Gasteiger partial charge is 0.467 e. The zero-order valence-electron chi connectivity index (χ0n) is 13.5. The van der Waals surface area contributed by atoms with Crippen molar-refractivity contribution < 1.29 is 17.6 Å². The van der Waals surface area contributed by atoms with Crippen molar-refractivity contribution >= 4 is 38.9 Å². The number of hydrogen-bond donors (Lipinski definition) is 1. The summed E-state index contributed by atoms with van der Waals surface area (Å²) in [4.78, 5) is 12.0. The predicted octanol–water partition coefficient (Wildman–Crippen LogP) is 3.10. The highest BCUT2D eigenvalue weighted by molar-refractivity contribution is 7.91. The van der Waals surface area contributed by atoms with Crippen LogP contribution in [0.15, 0.2) is 39.2 Å². The van der Waals surface area contributed by atoms with Crippen molar-refractivity contribution in [2.75, 3.05) is 13.1 Å². The van der Waals surface area contributed by atoms with Gasteiger partial charge in [-0.25, -0.2) is 8.42 Å². The Bertz CT molecular complexity index is 809. The molecule has 3 rings (SSSR count). The molecule has 0 aliphatic carbocycles. The highest BCUT2D eigenvalue weighted by Gasteiger charge is 2.31. The molecule has 1 saturated heterocycles. The Balaban J connectivity index is 1.47. The molecule has 9 heteroatoms. The molecule has 0 saturated carbocycles. The van der Waals surface area contributed by atoms with Crippen LogP contribution in [0.4, 0.5) is 0 Å². The van der Waals surface area contributed by atoms with Crippen molar-refractivity contribution in [3.8, 4) is 0 Å². The van der Waals surface area contributed by atoms with E-state index in [0.29, 0.717) is 49.0 Å². The average molecular weight is 403 g/mol. The Hall–Kier alpha value is -1.35. The maximum absolute atomic E-state index is 12.6. The monoisotopic (exact) mass is 402 g/mol. The summed E-state index contributed by atoms with van der Waals surface area (Å²) in [7, 11) is -3.48. The maximum atomic E-state index is 12.6. The Labute approximate surface area is 155 Å². The minimum atomic E-state index is -3.48. The molecule has 0 aromatic carbocycles. The summed E-state index contributed by atoms with van der Waals surface area (Å²) in [6, 6.07) is 6.71. The molecule has 25 heavy (non-hydrogen) atoms. The van der Waals surface area contributed by atoms with E-state index in [1.807, 2.05) is 0 Å². The number of piperidine rings is 1. The highest BCUT2D eigenvalue weighted by Crippen LogP contribution is 2.31. The molecule has 1 aliphatic heterocycles. The van der Waals surface area contributed by atoms with Gasteiger partial charge in [-0.15, -0.1) is 11.3 Å². The number of nitrogens with one attached hydrogen (secondary N) is 1. The first-order chi connectivity index (χ1) is 11.9. The van der Waals surface area contributed by atoms with Crippen molar-refractivity contribution in [2.24, 2.45) is 5.92 Å². The molecular formula is C16H19ClN2O4S2. The summed E-state index contributed by atoms with van der Waals surface area (Å²) in [6.07, 6.45) is 3.32. The Kier molecular flexibility index (Phi) is 5.83. The van der Waals surface area contributed by atoms with Gasteiger partial charge in [0.15, 0.2) is 0 Å². The van der Waals surface area contributed by atoms with E-state index in [1.165, 1.54) is 10.4 Å². The SMILES string of the molecule is O=C(CC1CCN(S(=O)(=O)c2ccc(Cl)s2)CC1)NCc1ccco1. The fraction of sp³-hybridized carbons (Fsp3) is 0.438. The molecule has 2 aromatic rings. The molecule has 0 atom stereocenters. The third kappa shape index (κ3) is 4.63. The van der Waals surface area contributed by atoms with Gasteiger partial charge in [0.2, 0.25) is 5.91 Å². The van der Waals surface area contributed by atoms with Crippen LogP contribution in [0.1, 0.15) is 25.0 Å². The highest BCUT2D eigenvalue weighted by atomic mass is 35.5. The first-order valence-corrected chi connectivity index (χ1v) is 10.6. The summed E-state index contributed by atoms with van der Waals surface area (Å²) in [5, 5.41) is 2.82. The zero-order chi connectivity index (χ0) is 17.9. The van der Waals surface area contributed by atoms with Crippen LogP contribution in [0.5, 0.6) is 0 Å². The molecule has 0 bridgehead atoms. The van der Waals surface area contributed by atoms with Gasteiger partial charge >= 0.3 is 0 Å². The standard InChI is InChI=1S/C16H19ClN2O4S2/c17-14-3-4-16(24-14)25(21,22)19-7-5-12(6-8-19)10-15(20)18-11-13-2-1-9-23-13/h1-4,9,12H,5-8,10-11H2,(H,18,20). The normalized spacial score (nSPS) is 16.8. The molecule has 136 valence electrons. The quantitative estimate of drug-likeness (QED) is 0.805. The maximum Gasteiger partial charge on any atom is 0.252 e. The number of rotatable bonds is 6. The summed E-state index contributed by atoms with van der Waals surface area (Å²) >= 11 is 6.90. The molecule has 3 heterocycles. The van der Waals surface area contributed by atoms with Crippen LogP contribution < -0.4 is 5.32 Å². The van der Waals surface area contributed by atoms with Gasteiger partial charge in [0, 0.05) is 19.5 Å². The second kappa shape index (κ2) is 7.90. The summed E-state index contributed by atoms with van der Waals surface area (Å²) in [5.74, 6) is 0.863. The van der Waals surface area contributed by atoms with E-state index in [1.54, 1.807) is 24.5 Å². The number of carbonyl (C=O) groups is 1. The first-order valence-electron chi connectivity index (χ1n) is 8.00. The lowest BCUT2D eigenvalue weighted by atomic mass is 9.94.